The van der Waals surface area contributed by atoms with Crippen LogP contribution in [0.3, 0.4) is 0 Å². The number of rotatable bonds is 2. The zero-order valence-electron chi connectivity index (χ0n) is 6.78. The molecule has 0 amide bonds. The number of hydrogen-bond acceptors (Lipinski definition) is 3. The second-order valence-electron chi connectivity index (χ2n) is 2.24. The number of carbonyl (C=O) groups excluding carboxylic acids is 1. The molecule has 1 rings (SSSR count). The van der Waals surface area contributed by atoms with Crippen LogP contribution in [0.25, 0.3) is 0 Å². The molecule has 1 aliphatic rings. The van der Waals surface area contributed by atoms with Crippen molar-refractivity contribution in [2.45, 2.75) is 6.92 Å². The van der Waals surface area contributed by atoms with Crippen LogP contribution in [0.4, 0.5) is 0 Å². The van der Waals surface area contributed by atoms with E-state index in [1.807, 2.05) is 0 Å². The third kappa shape index (κ3) is 1.56. The van der Waals surface area contributed by atoms with Crippen LogP contribution in [0.2, 0.25) is 0 Å². The van der Waals surface area contributed by atoms with Gasteiger partial charge in [-0.3, -0.25) is 0 Å². The van der Waals surface area contributed by atoms with Crippen LogP contribution in [-0.2, 0) is 9.53 Å². The molecule has 0 spiro atoms. The molecule has 3 heteroatoms. The van der Waals surface area contributed by atoms with Crippen molar-refractivity contribution in [1.82, 2.24) is 0 Å². The number of esters is 1. The van der Waals surface area contributed by atoms with Crippen molar-refractivity contribution in [3.8, 4) is 0 Å². The predicted molar refractivity (Wildman–Crippen MR) is 44.6 cm³/mol. The standard InChI is InChI=1S/C9H10O3/c1-2-12-9(11)8-5-3-4-7(8)6-10/h3-6,10H,2H2,1H3/b7-6+. The molecule has 0 saturated heterocycles. The Bertz CT molecular complexity index is 271. The predicted octanol–water partition coefficient (Wildman–Crippen LogP) is 1.49. The molecule has 0 saturated carbocycles. The molecule has 0 aromatic heterocycles. The van der Waals surface area contributed by atoms with Gasteiger partial charge in [0.25, 0.3) is 0 Å². The molecule has 0 aromatic rings. The average Bonchev–Trinajstić information content (AvgIpc) is 2.51. The van der Waals surface area contributed by atoms with Gasteiger partial charge in [-0.15, -0.1) is 0 Å². The molecule has 0 fully saturated rings. The summed E-state index contributed by atoms with van der Waals surface area (Å²) in [4.78, 5) is 11.1. The van der Waals surface area contributed by atoms with Gasteiger partial charge in [0.05, 0.1) is 18.4 Å². The SMILES string of the molecule is CCOC(=O)C1=CC=C/C1=C\O. The lowest BCUT2D eigenvalue weighted by Crippen LogP contribution is -2.07. The normalized spacial score (nSPS) is 18.1. The Balaban J connectivity index is 2.72. The summed E-state index contributed by atoms with van der Waals surface area (Å²) in [5.41, 5.74) is 0.896. The third-order valence-corrected chi connectivity index (χ3v) is 1.48. The van der Waals surface area contributed by atoms with Gasteiger partial charge in [0, 0.05) is 5.57 Å². The summed E-state index contributed by atoms with van der Waals surface area (Å²) >= 11 is 0. The summed E-state index contributed by atoms with van der Waals surface area (Å²) < 4.78 is 4.76. The fourth-order valence-electron chi connectivity index (χ4n) is 0.941. The Labute approximate surface area is 70.7 Å². The minimum absolute atomic E-state index is 0.342. The summed E-state index contributed by atoms with van der Waals surface area (Å²) in [5, 5.41) is 8.69. The molecule has 0 aliphatic heterocycles. The molecule has 1 aliphatic carbocycles. The second kappa shape index (κ2) is 3.76. The van der Waals surface area contributed by atoms with Gasteiger partial charge in [-0.25, -0.2) is 4.79 Å². The topological polar surface area (TPSA) is 46.5 Å². The maximum atomic E-state index is 11.1. The summed E-state index contributed by atoms with van der Waals surface area (Å²) in [7, 11) is 0. The van der Waals surface area contributed by atoms with E-state index in [2.05, 4.69) is 0 Å². The van der Waals surface area contributed by atoms with Crippen LogP contribution >= 0.6 is 0 Å². The number of ether oxygens (including phenoxy) is 1. The Morgan fingerprint density at radius 1 is 1.75 bits per heavy atom. The quantitative estimate of drug-likeness (QED) is 0.499. The van der Waals surface area contributed by atoms with Gasteiger partial charge >= 0.3 is 5.97 Å². The summed E-state index contributed by atoms with van der Waals surface area (Å²) in [6, 6.07) is 0. The summed E-state index contributed by atoms with van der Waals surface area (Å²) in [5.74, 6) is -0.400. The van der Waals surface area contributed by atoms with Crippen molar-refractivity contribution in [1.29, 1.82) is 0 Å². The largest absolute Gasteiger partial charge is 0.515 e. The highest BCUT2D eigenvalue weighted by Gasteiger charge is 2.15. The highest BCUT2D eigenvalue weighted by atomic mass is 16.5. The van der Waals surface area contributed by atoms with E-state index in [-0.39, 0.29) is 0 Å². The smallest absolute Gasteiger partial charge is 0.338 e. The number of carbonyl (C=O) groups is 1. The van der Waals surface area contributed by atoms with E-state index in [0.717, 1.165) is 6.26 Å². The second-order valence-corrected chi connectivity index (χ2v) is 2.24. The number of allylic oxidation sites excluding steroid dienone is 3. The van der Waals surface area contributed by atoms with Crippen LogP contribution in [0, 0.1) is 0 Å². The molecule has 3 nitrogen and oxygen atoms in total. The van der Waals surface area contributed by atoms with E-state index in [1.165, 1.54) is 0 Å². The molecular weight excluding hydrogens is 156 g/mol. The van der Waals surface area contributed by atoms with Crippen LogP contribution in [0.15, 0.2) is 35.6 Å². The molecule has 0 radical (unpaired) electrons. The minimum atomic E-state index is -0.400. The average molecular weight is 166 g/mol. The fourth-order valence-corrected chi connectivity index (χ4v) is 0.941. The molecule has 64 valence electrons. The number of aliphatic hydroxyl groups is 1. The van der Waals surface area contributed by atoms with E-state index in [1.54, 1.807) is 25.2 Å². The number of aliphatic hydroxyl groups excluding tert-OH is 1. The van der Waals surface area contributed by atoms with E-state index >= 15 is 0 Å². The van der Waals surface area contributed by atoms with E-state index in [9.17, 15) is 4.79 Å². The Morgan fingerprint density at radius 2 is 2.50 bits per heavy atom. The van der Waals surface area contributed by atoms with Crippen LogP contribution < -0.4 is 0 Å². The van der Waals surface area contributed by atoms with Crippen molar-refractivity contribution in [2.24, 2.45) is 0 Å². The first-order valence-electron chi connectivity index (χ1n) is 3.69. The highest BCUT2D eigenvalue weighted by Crippen LogP contribution is 2.18. The first-order chi connectivity index (χ1) is 5.79. The molecule has 1 N–H and O–H groups in total. The van der Waals surface area contributed by atoms with Crippen molar-refractivity contribution in [2.75, 3.05) is 6.61 Å². The zero-order chi connectivity index (χ0) is 8.97. The van der Waals surface area contributed by atoms with Crippen LogP contribution in [-0.4, -0.2) is 17.7 Å². The monoisotopic (exact) mass is 166 g/mol. The first kappa shape index (κ1) is 8.59. The van der Waals surface area contributed by atoms with Crippen LogP contribution in [0.1, 0.15) is 6.92 Å². The van der Waals surface area contributed by atoms with E-state index in [0.29, 0.717) is 17.8 Å². The van der Waals surface area contributed by atoms with Gasteiger partial charge in [-0.05, 0) is 13.0 Å². The molecule has 0 heterocycles. The molecule has 0 unspecified atom stereocenters. The molecule has 0 atom stereocenters. The lowest BCUT2D eigenvalue weighted by atomic mass is 10.1. The highest BCUT2D eigenvalue weighted by molar-refractivity contribution is 5.95. The Kier molecular flexibility index (Phi) is 2.69. The number of hydrogen-bond donors (Lipinski definition) is 1. The minimum Gasteiger partial charge on any atom is -0.515 e. The molecule has 12 heavy (non-hydrogen) atoms. The Morgan fingerprint density at radius 3 is 3.08 bits per heavy atom. The zero-order valence-corrected chi connectivity index (χ0v) is 6.78. The van der Waals surface area contributed by atoms with Gasteiger partial charge in [-0.1, -0.05) is 12.2 Å². The molecular formula is C9H10O3. The van der Waals surface area contributed by atoms with Gasteiger partial charge in [0.2, 0.25) is 0 Å². The van der Waals surface area contributed by atoms with E-state index in [4.69, 9.17) is 9.84 Å². The van der Waals surface area contributed by atoms with Gasteiger partial charge < -0.3 is 9.84 Å². The molecule has 0 bridgehead atoms. The lowest BCUT2D eigenvalue weighted by Gasteiger charge is -2.02. The van der Waals surface area contributed by atoms with Crippen LogP contribution in [0.5, 0.6) is 0 Å². The van der Waals surface area contributed by atoms with Gasteiger partial charge in [0.1, 0.15) is 0 Å². The third-order valence-electron chi connectivity index (χ3n) is 1.48. The van der Waals surface area contributed by atoms with Gasteiger partial charge in [0.15, 0.2) is 0 Å². The fraction of sp³-hybridized carbons (Fsp3) is 0.222. The Hall–Kier alpha value is -1.51. The van der Waals surface area contributed by atoms with Crippen molar-refractivity contribution < 1.29 is 14.6 Å². The summed E-state index contributed by atoms with van der Waals surface area (Å²) in [6.07, 6.45) is 5.84. The first-order valence-corrected chi connectivity index (χ1v) is 3.69. The van der Waals surface area contributed by atoms with Gasteiger partial charge in [-0.2, -0.15) is 0 Å². The van der Waals surface area contributed by atoms with Crippen molar-refractivity contribution in [3.05, 3.63) is 35.6 Å². The van der Waals surface area contributed by atoms with Crippen molar-refractivity contribution >= 4 is 5.97 Å². The van der Waals surface area contributed by atoms with E-state index < -0.39 is 5.97 Å². The maximum Gasteiger partial charge on any atom is 0.338 e. The lowest BCUT2D eigenvalue weighted by molar-refractivity contribution is -0.138. The molecule has 0 aromatic carbocycles. The van der Waals surface area contributed by atoms with Crippen molar-refractivity contribution in [3.63, 3.8) is 0 Å². The maximum absolute atomic E-state index is 11.1. The summed E-state index contributed by atoms with van der Waals surface area (Å²) in [6.45, 7) is 2.08.